The zero-order valence-electron chi connectivity index (χ0n) is 18.0. The topological polar surface area (TPSA) is 96.2 Å². The number of para-hydroxylation sites is 2. The summed E-state index contributed by atoms with van der Waals surface area (Å²) in [5.74, 6) is -0.936. The SMILES string of the molecule is Cc1ccccc1Nc1sc(C(=O)Nc2cccc(Cl)c2)c(N)c1C(=O)Nc1ccccc1Cl. The van der Waals surface area contributed by atoms with Crippen LogP contribution in [-0.4, -0.2) is 11.8 Å². The van der Waals surface area contributed by atoms with Crippen LogP contribution in [-0.2, 0) is 0 Å². The Hall–Kier alpha value is -3.52. The summed E-state index contributed by atoms with van der Waals surface area (Å²) in [6.45, 7) is 1.94. The minimum absolute atomic E-state index is 0.0603. The molecule has 4 aromatic rings. The van der Waals surface area contributed by atoms with E-state index in [9.17, 15) is 9.59 Å². The van der Waals surface area contributed by atoms with Crippen molar-refractivity contribution in [2.24, 2.45) is 0 Å². The summed E-state index contributed by atoms with van der Waals surface area (Å²) in [5.41, 5.74) is 9.29. The minimum Gasteiger partial charge on any atom is -0.397 e. The van der Waals surface area contributed by atoms with Gasteiger partial charge in [-0.2, -0.15) is 0 Å². The van der Waals surface area contributed by atoms with Crippen molar-refractivity contribution in [3.05, 3.63) is 98.8 Å². The predicted molar refractivity (Wildman–Crippen MR) is 142 cm³/mol. The monoisotopic (exact) mass is 510 g/mol. The second-order valence-corrected chi connectivity index (χ2v) is 9.25. The molecular formula is C25H20Cl2N4O2S. The number of anilines is 5. The number of hydrogen-bond acceptors (Lipinski definition) is 5. The molecule has 3 aromatic carbocycles. The second kappa shape index (κ2) is 10.2. The third-order valence-electron chi connectivity index (χ3n) is 4.98. The van der Waals surface area contributed by atoms with Gasteiger partial charge in [0.25, 0.3) is 11.8 Å². The molecule has 9 heteroatoms. The highest BCUT2D eigenvalue weighted by Gasteiger charge is 2.26. The van der Waals surface area contributed by atoms with Gasteiger partial charge >= 0.3 is 0 Å². The number of nitrogen functional groups attached to an aromatic ring is 1. The average Bonchev–Trinajstić information content (AvgIpc) is 3.13. The van der Waals surface area contributed by atoms with Crippen molar-refractivity contribution in [1.29, 1.82) is 0 Å². The zero-order chi connectivity index (χ0) is 24.2. The maximum atomic E-state index is 13.3. The van der Waals surface area contributed by atoms with Gasteiger partial charge in [0.15, 0.2) is 0 Å². The molecule has 34 heavy (non-hydrogen) atoms. The molecule has 0 saturated heterocycles. The van der Waals surface area contributed by atoms with E-state index in [0.717, 1.165) is 22.6 Å². The number of amides is 2. The Morgan fingerprint density at radius 3 is 2.26 bits per heavy atom. The Kier molecular flexibility index (Phi) is 7.07. The molecule has 0 fully saturated rings. The Bertz CT molecular complexity index is 1390. The lowest BCUT2D eigenvalue weighted by Crippen LogP contribution is -2.16. The lowest BCUT2D eigenvalue weighted by Gasteiger charge is -2.11. The molecule has 0 spiro atoms. The number of nitrogens with two attached hydrogens (primary N) is 1. The van der Waals surface area contributed by atoms with Crippen LogP contribution < -0.4 is 21.7 Å². The molecule has 6 nitrogen and oxygen atoms in total. The van der Waals surface area contributed by atoms with Gasteiger partial charge in [0.2, 0.25) is 0 Å². The van der Waals surface area contributed by atoms with Gasteiger partial charge in [0, 0.05) is 16.4 Å². The van der Waals surface area contributed by atoms with Gasteiger partial charge in [0.05, 0.1) is 22.0 Å². The maximum absolute atomic E-state index is 13.3. The number of nitrogens with one attached hydrogen (secondary N) is 3. The molecule has 0 aliphatic carbocycles. The van der Waals surface area contributed by atoms with Crippen LogP contribution >= 0.6 is 34.5 Å². The van der Waals surface area contributed by atoms with Crippen molar-refractivity contribution in [2.75, 3.05) is 21.7 Å². The lowest BCUT2D eigenvalue weighted by molar-refractivity contribution is 0.102. The number of benzene rings is 3. The third-order valence-corrected chi connectivity index (χ3v) is 6.66. The van der Waals surface area contributed by atoms with Gasteiger partial charge < -0.3 is 21.7 Å². The molecule has 0 bridgehead atoms. The first-order chi connectivity index (χ1) is 16.3. The van der Waals surface area contributed by atoms with E-state index in [1.807, 2.05) is 31.2 Å². The number of carbonyl (C=O) groups is 2. The predicted octanol–water partition coefficient (Wildman–Crippen LogP) is 7.19. The van der Waals surface area contributed by atoms with E-state index in [2.05, 4.69) is 16.0 Å². The van der Waals surface area contributed by atoms with E-state index in [1.165, 1.54) is 0 Å². The second-order valence-electron chi connectivity index (χ2n) is 7.39. The largest absolute Gasteiger partial charge is 0.397 e. The molecule has 4 rings (SSSR count). The number of thiophene rings is 1. The van der Waals surface area contributed by atoms with Gasteiger partial charge in [-0.1, -0.05) is 59.6 Å². The van der Waals surface area contributed by atoms with E-state index in [0.29, 0.717) is 26.4 Å². The first-order valence-electron chi connectivity index (χ1n) is 10.2. The Morgan fingerprint density at radius 1 is 0.853 bits per heavy atom. The van der Waals surface area contributed by atoms with Gasteiger partial charge in [-0.15, -0.1) is 11.3 Å². The summed E-state index contributed by atoms with van der Waals surface area (Å²) in [6.07, 6.45) is 0. The number of rotatable bonds is 6. The standard InChI is InChI=1S/C25H20Cl2N4O2S/c1-14-7-2-4-11-18(14)31-25-20(23(32)30-19-12-5-3-10-17(19)27)21(28)22(34-25)24(33)29-16-9-6-8-15(26)13-16/h2-13,31H,28H2,1H3,(H,29,33)(H,30,32). The molecule has 5 N–H and O–H groups in total. The van der Waals surface area contributed by atoms with Crippen LogP contribution in [0.1, 0.15) is 25.6 Å². The van der Waals surface area contributed by atoms with E-state index >= 15 is 0 Å². The Labute approximate surface area is 210 Å². The molecule has 0 aliphatic rings. The van der Waals surface area contributed by atoms with Crippen molar-refractivity contribution in [3.63, 3.8) is 0 Å². The van der Waals surface area contributed by atoms with E-state index < -0.39 is 11.8 Å². The maximum Gasteiger partial charge on any atom is 0.267 e. The molecule has 0 radical (unpaired) electrons. The number of halogens is 2. The highest BCUT2D eigenvalue weighted by Crippen LogP contribution is 2.39. The highest BCUT2D eigenvalue weighted by atomic mass is 35.5. The van der Waals surface area contributed by atoms with Crippen molar-refractivity contribution < 1.29 is 9.59 Å². The smallest absolute Gasteiger partial charge is 0.267 e. The van der Waals surface area contributed by atoms with E-state index in [-0.39, 0.29) is 16.1 Å². The molecule has 0 atom stereocenters. The van der Waals surface area contributed by atoms with Gasteiger partial charge in [-0.3, -0.25) is 9.59 Å². The van der Waals surface area contributed by atoms with Crippen molar-refractivity contribution in [3.8, 4) is 0 Å². The van der Waals surface area contributed by atoms with Crippen molar-refractivity contribution in [1.82, 2.24) is 0 Å². The molecule has 0 aliphatic heterocycles. The fourth-order valence-electron chi connectivity index (χ4n) is 3.26. The zero-order valence-corrected chi connectivity index (χ0v) is 20.3. The fourth-order valence-corrected chi connectivity index (χ4v) is 4.66. The van der Waals surface area contributed by atoms with Gasteiger partial charge in [-0.25, -0.2) is 0 Å². The Balaban J connectivity index is 1.72. The van der Waals surface area contributed by atoms with Crippen LogP contribution in [0, 0.1) is 6.92 Å². The quantitative estimate of drug-likeness (QED) is 0.220. The van der Waals surface area contributed by atoms with Crippen LogP contribution in [0.25, 0.3) is 0 Å². The minimum atomic E-state index is -0.486. The van der Waals surface area contributed by atoms with Crippen LogP contribution in [0.15, 0.2) is 72.8 Å². The van der Waals surface area contributed by atoms with Crippen LogP contribution in [0.5, 0.6) is 0 Å². The molecule has 0 unspecified atom stereocenters. The fraction of sp³-hybridized carbons (Fsp3) is 0.0400. The number of aryl methyl sites for hydroxylation is 1. The molecular weight excluding hydrogens is 491 g/mol. The first kappa shape index (κ1) is 23.6. The summed E-state index contributed by atoms with van der Waals surface area (Å²) in [4.78, 5) is 26.5. The number of carbonyl (C=O) groups excluding carboxylic acids is 2. The van der Waals surface area contributed by atoms with Crippen LogP contribution in [0.4, 0.5) is 27.8 Å². The normalized spacial score (nSPS) is 10.6. The summed E-state index contributed by atoms with van der Waals surface area (Å²) >= 11 is 13.3. The summed E-state index contributed by atoms with van der Waals surface area (Å²) in [6, 6.07) is 21.3. The average molecular weight is 511 g/mol. The van der Waals surface area contributed by atoms with Gasteiger partial charge in [0.1, 0.15) is 9.88 Å². The molecule has 1 heterocycles. The molecule has 172 valence electrons. The molecule has 2 amide bonds. The first-order valence-corrected chi connectivity index (χ1v) is 11.8. The summed E-state index contributed by atoms with van der Waals surface area (Å²) in [5, 5.41) is 10.1. The highest BCUT2D eigenvalue weighted by molar-refractivity contribution is 7.19. The Morgan fingerprint density at radius 2 is 1.56 bits per heavy atom. The van der Waals surface area contributed by atoms with Crippen molar-refractivity contribution in [2.45, 2.75) is 6.92 Å². The van der Waals surface area contributed by atoms with Gasteiger partial charge in [-0.05, 0) is 48.9 Å². The summed E-state index contributed by atoms with van der Waals surface area (Å²) < 4.78 is 0. The van der Waals surface area contributed by atoms with Crippen LogP contribution in [0.3, 0.4) is 0 Å². The lowest BCUT2D eigenvalue weighted by atomic mass is 10.1. The van der Waals surface area contributed by atoms with E-state index in [4.69, 9.17) is 28.9 Å². The number of hydrogen-bond donors (Lipinski definition) is 4. The van der Waals surface area contributed by atoms with Crippen LogP contribution in [0.2, 0.25) is 10.0 Å². The molecule has 1 aromatic heterocycles. The third kappa shape index (κ3) is 5.17. The molecule has 0 saturated carbocycles. The van der Waals surface area contributed by atoms with E-state index in [1.54, 1.807) is 48.5 Å². The summed E-state index contributed by atoms with van der Waals surface area (Å²) in [7, 11) is 0. The van der Waals surface area contributed by atoms with Crippen molar-refractivity contribution >= 4 is 74.1 Å².